The van der Waals surface area contributed by atoms with Crippen LogP contribution in [0, 0.1) is 5.82 Å². The van der Waals surface area contributed by atoms with Gasteiger partial charge < -0.3 is 19.2 Å². The van der Waals surface area contributed by atoms with Crippen LogP contribution in [0.15, 0.2) is 30.6 Å². The number of pyridine rings is 1. The Morgan fingerprint density at radius 3 is 2.70 bits per heavy atom. The normalized spacial score (nSPS) is 11.6. The topological polar surface area (TPSA) is 50.9 Å². The number of imidazole rings is 1. The number of halogens is 1. The summed E-state index contributed by atoms with van der Waals surface area (Å²) in [6.07, 6.45) is 1.73. The molecule has 0 fully saturated rings. The van der Waals surface area contributed by atoms with Gasteiger partial charge in [0.1, 0.15) is 22.8 Å². The third kappa shape index (κ3) is 2.78. The molecule has 6 nitrogen and oxygen atoms in total. The number of rotatable bonds is 4. The summed E-state index contributed by atoms with van der Waals surface area (Å²) in [7, 11) is 16.9. The van der Waals surface area contributed by atoms with Gasteiger partial charge in [0.05, 0.1) is 17.5 Å². The van der Waals surface area contributed by atoms with E-state index in [0.29, 0.717) is 12.4 Å². The number of hydrogen-bond donors (Lipinski definition) is 1. The number of hydrogen-bond acceptors (Lipinski definition) is 4. The SMILES string of the molecule is [B]NCc1cc(F)cc(-c2cc3c4c(ncn4C)c(N([B])C)nc3n2C)c1. The van der Waals surface area contributed by atoms with Crippen LogP contribution in [0.3, 0.4) is 0 Å². The fourth-order valence-electron chi connectivity index (χ4n) is 3.51. The van der Waals surface area contributed by atoms with E-state index in [4.69, 9.17) is 20.9 Å². The number of benzene rings is 1. The summed E-state index contributed by atoms with van der Waals surface area (Å²) in [5.41, 5.74) is 4.75. The number of aromatic nitrogens is 4. The first-order valence-electron chi connectivity index (χ1n) is 8.43. The smallest absolute Gasteiger partial charge is 0.228 e. The van der Waals surface area contributed by atoms with Crippen LogP contribution in [-0.4, -0.2) is 42.1 Å². The standard InChI is InChI=1S/C18H17B2FN6/c1-25-9-22-15-16(25)13-7-14(26(2)17(13)24-18(15)27(3)20)11-4-10(8-23-19)5-12(21)6-11/h4-7,9,23H,8H2,1-3H3. The monoisotopic (exact) mass is 358 g/mol. The number of anilines is 1. The summed E-state index contributed by atoms with van der Waals surface area (Å²) in [6.45, 7) is 0.376. The zero-order valence-corrected chi connectivity index (χ0v) is 15.4. The van der Waals surface area contributed by atoms with Crippen LogP contribution >= 0.6 is 0 Å². The van der Waals surface area contributed by atoms with Gasteiger partial charge in [-0.3, -0.25) is 0 Å². The van der Waals surface area contributed by atoms with E-state index in [1.54, 1.807) is 13.4 Å². The van der Waals surface area contributed by atoms with Crippen molar-refractivity contribution < 1.29 is 4.39 Å². The van der Waals surface area contributed by atoms with Crippen LogP contribution in [0.4, 0.5) is 10.2 Å². The van der Waals surface area contributed by atoms with Crippen LogP contribution < -0.4 is 10.0 Å². The third-order valence-electron chi connectivity index (χ3n) is 4.71. The molecular weight excluding hydrogens is 341 g/mol. The zero-order valence-electron chi connectivity index (χ0n) is 15.4. The number of nitrogens with zero attached hydrogens (tertiary/aromatic N) is 5. The van der Waals surface area contributed by atoms with Crippen molar-refractivity contribution in [3.05, 3.63) is 42.0 Å². The van der Waals surface area contributed by atoms with Crippen molar-refractivity contribution in [3.63, 3.8) is 0 Å². The van der Waals surface area contributed by atoms with E-state index in [1.807, 2.05) is 35.4 Å². The average Bonchev–Trinajstić information content (AvgIpc) is 3.15. The Hall–Kier alpha value is -2.80. The molecule has 0 unspecified atom stereocenters. The molecule has 0 bridgehead atoms. The van der Waals surface area contributed by atoms with E-state index in [9.17, 15) is 4.39 Å². The van der Waals surface area contributed by atoms with Gasteiger partial charge in [0, 0.05) is 31.6 Å². The van der Waals surface area contributed by atoms with Crippen LogP contribution in [0.1, 0.15) is 5.56 Å². The Balaban J connectivity index is 2.03. The molecule has 0 aliphatic heterocycles. The van der Waals surface area contributed by atoms with Crippen molar-refractivity contribution in [2.45, 2.75) is 6.54 Å². The molecule has 0 amide bonds. The summed E-state index contributed by atoms with van der Waals surface area (Å²) in [5.74, 6) is 0.266. The summed E-state index contributed by atoms with van der Waals surface area (Å²) in [4.78, 5) is 10.6. The Morgan fingerprint density at radius 1 is 1.22 bits per heavy atom. The average molecular weight is 358 g/mol. The number of aryl methyl sites for hydroxylation is 2. The van der Waals surface area contributed by atoms with Gasteiger partial charge in [-0.1, -0.05) is 0 Å². The van der Waals surface area contributed by atoms with Gasteiger partial charge in [0.25, 0.3) is 0 Å². The number of fused-ring (bicyclic) bond motifs is 3. The van der Waals surface area contributed by atoms with Crippen molar-refractivity contribution in [2.24, 2.45) is 14.1 Å². The Kier molecular flexibility index (Phi) is 4.19. The molecule has 27 heavy (non-hydrogen) atoms. The molecule has 4 radical (unpaired) electrons. The first-order chi connectivity index (χ1) is 12.9. The highest BCUT2D eigenvalue weighted by atomic mass is 19.1. The molecule has 1 N–H and O–H groups in total. The summed E-state index contributed by atoms with van der Waals surface area (Å²) in [6, 6.07) is 6.88. The molecule has 132 valence electrons. The second kappa shape index (κ2) is 6.42. The van der Waals surface area contributed by atoms with Crippen molar-refractivity contribution in [2.75, 3.05) is 11.9 Å². The lowest BCUT2D eigenvalue weighted by molar-refractivity contribution is 0.625. The van der Waals surface area contributed by atoms with Gasteiger partial charge in [-0.05, 0) is 36.9 Å². The lowest BCUT2D eigenvalue weighted by atomic mass is 10.1. The molecule has 3 heterocycles. The number of nitrogens with one attached hydrogen (secondary N) is 1. The van der Waals surface area contributed by atoms with E-state index in [1.165, 1.54) is 16.9 Å². The highest BCUT2D eigenvalue weighted by molar-refractivity contribution is 6.20. The van der Waals surface area contributed by atoms with Crippen LogP contribution in [-0.2, 0) is 20.6 Å². The largest absolute Gasteiger partial charge is 0.411 e. The second-order valence-electron chi connectivity index (χ2n) is 6.65. The molecule has 0 aliphatic rings. The molecule has 0 saturated carbocycles. The van der Waals surface area contributed by atoms with E-state index >= 15 is 0 Å². The van der Waals surface area contributed by atoms with Crippen LogP contribution in [0.25, 0.3) is 33.3 Å². The van der Waals surface area contributed by atoms with Gasteiger partial charge >= 0.3 is 0 Å². The Morgan fingerprint density at radius 2 is 2.00 bits per heavy atom. The van der Waals surface area contributed by atoms with E-state index in [2.05, 4.69) is 10.2 Å². The molecule has 4 aromatic rings. The minimum atomic E-state index is -0.316. The minimum absolute atomic E-state index is 0.316. The highest BCUT2D eigenvalue weighted by Gasteiger charge is 2.19. The van der Waals surface area contributed by atoms with Gasteiger partial charge in [0.15, 0.2) is 7.98 Å². The van der Waals surface area contributed by atoms with Crippen molar-refractivity contribution in [1.82, 2.24) is 24.3 Å². The van der Waals surface area contributed by atoms with Crippen LogP contribution in [0.5, 0.6) is 0 Å². The van der Waals surface area contributed by atoms with Gasteiger partial charge in [0.2, 0.25) is 7.98 Å². The first kappa shape index (κ1) is 17.6. The maximum Gasteiger partial charge on any atom is 0.228 e. The van der Waals surface area contributed by atoms with Gasteiger partial charge in [-0.2, -0.15) is 0 Å². The van der Waals surface area contributed by atoms with Crippen molar-refractivity contribution in [1.29, 1.82) is 0 Å². The maximum atomic E-state index is 14.1. The predicted octanol–water partition coefficient (Wildman–Crippen LogP) is 1.96. The molecule has 0 spiro atoms. The lowest BCUT2D eigenvalue weighted by Gasteiger charge is -2.13. The third-order valence-corrected chi connectivity index (χ3v) is 4.71. The fraction of sp³-hybridized carbons (Fsp3) is 0.222. The van der Waals surface area contributed by atoms with Crippen LogP contribution in [0.2, 0.25) is 0 Å². The quantitative estimate of drug-likeness (QED) is 0.567. The molecule has 9 heteroatoms. The van der Waals surface area contributed by atoms with Crippen molar-refractivity contribution in [3.8, 4) is 11.3 Å². The minimum Gasteiger partial charge on any atom is -0.411 e. The summed E-state index contributed by atoms with van der Waals surface area (Å²) in [5, 5.41) is 3.49. The first-order valence-corrected chi connectivity index (χ1v) is 8.43. The maximum absolute atomic E-state index is 14.1. The highest BCUT2D eigenvalue weighted by Crippen LogP contribution is 2.34. The Bertz CT molecular complexity index is 1160. The predicted molar refractivity (Wildman–Crippen MR) is 107 cm³/mol. The summed E-state index contributed by atoms with van der Waals surface area (Å²) < 4.78 is 18.0. The zero-order chi connectivity index (χ0) is 19.3. The van der Waals surface area contributed by atoms with E-state index in [0.717, 1.165) is 38.9 Å². The lowest BCUT2D eigenvalue weighted by Crippen LogP contribution is -2.14. The van der Waals surface area contributed by atoms with Gasteiger partial charge in [-0.25, -0.2) is 14.4 Å². The molecule has 0 aliphatic carbocycles. The summed E-state index contributed by atoms with van der Waals surface area (Å²) >= 11 is 0. The molecule has 3 aromatic heterocycles. The van der Waals surface area contributed by atoms with E-state index < -0.39 is 0 Å². The molecular formula is C18H17B2FN6. The van der Waals surface area contributed by atoms with Gasteiger partial charge in [-0.15, -0.1) is 0 Å². The molecule has 0 saturated heterocycles. The molecule has 0 atom stereocenters. The molecule has 1 aromatic carbocycles. The fourth-order valence-corrected chi connectivity index (χ4v) is 3.51. The Labute approximate surface area is 158 Å². The van der Waals surface area contributed by atoms with Crippen molar-refractivity contribution >= 4 is 43.8 Å². The van der Waals surface area contributed by atoms with E-state index in [-0.39, 0.29) is 5.82 Å². The molecule has 4 rings (SSSR count). The second-order valence-corrected chi connectivity index (χ2v) is 6.65.